The van der Waals surface area contributed by atoms with Crippen molar-refractivity contribution in [2.45, 2.75) is 20.4 Å². The number of aromatic hydroxyl groups is 1. The van der Waals surface area contributed by atoms with Crippen LogP contribution in [0.25, 0.3) is 38.8 Å². The molecule has 1 N–H and O–H groups in total. The van der Waals surface area contributed by atoms with Crippen LogP contribution in [-0.4, -0.2) is 29.4 Å². The highest BCUT2D eigenvalue weighted by Gasteiger charge is 2.19. The normalized spacial score (nSPS) is 11.4. The van der Waals surface area contributed by atoms with Gasteiger partial charge in [0.05, 0.1) is 23.0 Å². The number of aryl methyl sites for hydroxylation is 2. The Morgan fingerprint density at radius 1 is 0.861 bits per heavy atom. The Kier molecular flexibility index (Phi) is 5.11. The molecular weight excluding hydrogens is 450 g/mol. The van der Waals surface area contributed by atoms with Gasteiger partial charge in [0.1, 0.15) is 17.8 Å². The lowest BCUT2D eigenvalue weighted by molar-refractivity contribution is 0.475. The predicted octanol–water partition coefficient (Wildman–Crippen LogP) is 5.17. The Balaban J connectivity index is 1.61. The summed E-state index contributed by atoms with van der Waals surface area (Å²) in [6, 6.07) is 24.6. The minimum atomic E-state index is -0.0673. The van der Waals surface area contributed by atoms with Crippen LogP contribution in [0.5, 0.6) is 5.75 Å². The van der Waals surface area contributed by atoms with Gasteiger partial charge in [-0.2, -0.15) is 5.10 Å². The minimum Gasteiger partial charge on any atom is -0.508 e. The quantitative estimate of drug-likeness (QED) is 0.382. The van der Waals surface area contributed by atoms with Crippen molar-refractivity contribution in [3.8, 4) is 22.7 Å². The van der Waals surface area contributed by atoms with E-state index in [1.165, 1.54) is 6.33 Å². The first-order valence-electron chi connectivity index (χ1n) is 11.7. The second-order valence-electron chi connectivity index (χ2n) is 8.87. The molecular formula is C29H23N5O2. The number of pyridine rings is 1. The molecule has 0 unspecified atom stereocenters. The van der Waals surface area contributed by atoms with Gasteiger partial charge in [0.2, 0.25) is 0 Å². The lowest BCUT2D eigenvalue weighted by Gasteiger charge is -2.16. The molecule has 0 saturated carbocycles. The van der Waals surface area contributed by atoms with Crippen LogP contribution >= 0.6 is 0 Å². The summed E-state index contributed by atoms with van der Waals surface area (Å²) in [4.78, 5) is 22.8. The van der Waals surface area contributed by atoms with E-state index in [1.54, 1.807) is 27.4 Å². The Hall–Kier alpha value is -4.78. The monoisotopic (exact) mass is 473 g/mol. The molecule has 0 bridgehead atoms. The number of benzene rings is 3. The number of hydrogen-bond donors (Lipinski definition) is 1. The van der Waals surface area contributed by atoms with Gasteiger partial charge in [0.25, 0.3) is 5.56 Å². The Labute approximate surface area is 206 Å². The van der Waals surface area contributed by atoms with Gasteiger partial charge in [-0.1, -0.05) is 48.5 Å². The third-order valence-electron chi connectivity index (χ3n) is 6.50. The molecule has 7 nitrogen and oxygen atoms in total. The van der Waals surface area contributed by atoms with Crippen LogP contribution in [0.1, 0.15) is 17.0 Å². The average Bonchev–Trinajstić information content (AvgIpc) is 3.24. The number of para-hydroxylation sites is 1. The largest absolute Gasteiger partial charge is 0.508 e. The van der Waals surface area contributed by atoms with Gasteiger partial charge in [-0.05, 0) is 55.1 Å². The molecule has 36 heavy (non-hydrogen) atoms. The van der Waals surface area contributed by atoms with Crippen molar-refractivity contribution in [1.29, 1.82) is 0 Å². The van der Waals surface area contributed by atoms with E-state index in [0.29, 0.717) is 23.3 Å². The van der Waals surface area contributed by atoms with Crippen LogP contribution in [0.3, 0.4) is 0 Å². The molecule has 0 atom stereocenters. The molecule has 6 aromatic rings. The Bertz CT molecular complexity index is 1820. The maximum atomic E-state index is 13.8. The number of aromatic nitrogens is 5. The van der Waals surface area contributed by atoms with Crippen molar-refractivity contribution in [2.75, 3.05) is 0 Å². The number of hydrogen-bond acceptors (Lipinski definition) is 5. The van der Waals surface area contributed by atoms with E-state index in [1.807, 2.05) is 74.5 Å². The predicted molar refractivity (Wildman–Crippen MR) is 141 cm³/mol. The van der Waals surface area contributed by atoms with Gasteiger partial charge >= 0.3 is 0 Å². The fraction of sp³-hybridized carbons (Fsp3) is 0.103. The van der Waals surface area contributed by atoms with Crippen LogP contribution in [0, 0.1) is 13.8 Å². The number of fused-ring (bicyclic) bond motifs is 2. The molecule has 0 radical (unpaired) electrons. The second kappa shape index (κ2) is 8.46. The first-order chi connectivity index (χ1) is 17.5. The van der Waals surface area contributed by atoms with E-state index >= 15 is 0 Å². The van der Waals surface area contributed by atoms with Gasteiger partial charge in [0.15, 0.2) is 5.65 Å². The van der Waals surface area contributed by atoms with Crippen LogP contribution in [0.4, 0.5) is 0 Å². The zero-order valence-electron chi connectivity index (χ0n) is 19.9. The summed E-state index contributed by atoms with van der Waals surface area (Å²) in [5, 5.41) is 17.4. The number of phenolic OH excluding ortho intramolecular Hbond substituents is 1. The molecule has 0 aliphatic rings. The zero-order valence-corrected chi connectivity index (χ0v) is 19.9. The summed E-state index contributed by atoms with van der Waals surface area (Å²) in [6.07, 6.45) is 1.52. The van der Waals surface area contributed by atoms with Crippen LogP contribution < -0.4 is 5.56 Å². The topological polar surface area (TPSA) is 85.8 Å². The highest BCUT2D eigenvalue weighted by molar-refractivity contribution is 5.93. The van der Waals surface area contributed by atoms with E-state index in [0.717, 1.165) is 39.0 Å². The highest BCUT2D eigenvalue weighted by atomic mass is 16.3. The Morgan fingerprint density at radius 2 is 1.67 bits per heavy atom. The highest BCUT2D eigenvalue weighted by Crippen LogP contribution is 2.31. The molecule has 3 aromatic heterocycles. The van der Waals surface area contributed by atoms with Crippen molar-refractivity contribution < 1.29 is 5.11 Å². The summed E-state index contributed by atoms with van der Waals surface area (Å²) in [7, 11) is 0. The molecule has 0 amide bonds. The molecule has 0 fully saturated rings. The minimum absolute atomic E-state index is 0.0673. The van der Waals surface area contributed by atoms with Crippen LogP contribution in [0.15, 0.2) is 90.0 Å². The zero-order chi connectivity index (χ0) is 24.8. The van der Waals surface area contributed by atoms with Crippen LogP contribution in [0.2, 0.25) is 0 Å². The molecule has 0 aliphatic heterocycles. The van der Waals surface area contributed by atoms with Gasteiger partial charge in [-0.15, -0.1) is 0 Å². The lowest BCUT2D eigenvalue weighted by atomic mass is 10.1. The summed E-state index contributed by atoms with van der Waals surface area (Å²) < 4.78 is 3.56. The summed E-state index contributed by atoms with van der Waals surface area (Å²) >= 11 is 0. The molecule has 3 aromatic carbocycles. The first-order valence-corrected chi connectivity index (χ1v) is 11.7. The summed E-state index contributed by atoms with van der Waals surface area (Å²) in [6.45, 7) is 4.20. The lowest BCUT2D eigenvalue weighted by Crippen LogP contribution is -2.24. The average molecular weight is 474 g/mol. The van der Waals surface area contributed by atoms with Crippen molar-refractivity contribution >= 4 is 21.8 Å². The fourth-order valence-electron chi connectivity index (χ4n) is 4.84. The molecule has 0 saturated heterocycles. The molecule has 0 aliphatic carbocycles. The Morgan fingerprint density at radius 3 is 2.47 bits per heavy atom. The SMILES string of the molecule is Cc1ncnc2c1c(-c1cccc(O)c1)nn2Cc1cc2cccc(C)c2c(=O)n1-c1ccccc1. The van der Waals surface area contributed by atoms with Crippen molar-refractivity contribution in [3.05, 3.63) is 112 Å². The standard InChI is InChI=1S/C29H23N5O2/c1-18-8-6-9-20-14-23(34(29(36)25(18)20)22-11-4-3-5-12-22)16-33-28-26(19(2)30-17-31-28)27(32-33)21-10-7-13-24(35)15-21/h3-15,17,35H,16H2,1-2H3. The molecule has 6 rings (SSSR count). The number of rotatable bonds is 4. The smallest absolute Gasteiger partial charge is 0.263 e. The molecule has 7 heteroatoms. The van der Waals surface area contributed by atoms with Crippen molar-refractivity contribution in [2.24, 2.45) is 0 Å². The molecule has 176 valence electrons. The number of phenols is 1. The first kappa shape index (κ1) is 21.7. The summed E-state index contributed by atoms with van der Waals surface area (Å²) in [5.41, 5.74) is 5.35. The maximum absolute atomic E-state index is 13.8. The van der Waals surface area contributed by atoms with E-state index in [9.17, 15) is 9.90 Å². The second-order valence-corrected chi connectivity index (χ2v) is 8.87. The maximum Gasteiger partial charge on any atom is 0.263 e. The van der Waals surface area contributed by atoms with Crippen molar-refractivity contribution in [3.63, 3.8) is 0 Å². The van der Waals surface area contributed by atoms with Gasteiger partial charge in [-0.25, -0.2) is 14.6 Å². The fourth-order valence-corrected chi connectivity index (χ4v) is 4.84. The van der Waals surface area contributed by atoms with E-state index in [2.05, 4.69) is 9.97 Å². The number of nitrogens with zero attached hydrogens (tertiary/aromatic N) is 5. The van der Waals surface area contributed by atoms with E-state index < -0.39 is 0 Å². The third kappa shape index (κ3) is 3.53. The summed E-state index contributed by atoms with van der Waals surface area (Å²) in [5.74, 6) is 0.160. The van der Waals surface area contributed by atoms with Gasteiger partial charge in [-0.3, -0.25) is 9.36 Å². The molecule has 0 spiro atoms. The van der Waals surface area contributed by atoms with Crippen LogP contribution in [-0.2, 0) is 6.54 Å². The molecule has 3 heterocycles. The van der Waals surface area contributed by atoms with Gasteiger partial charge < -0.3 is 5.11 Å². The van der Waals surface area contributed by atoms with Gasteiger partial charge in [0, 0.05) is 16.9 Å². The van der Waals surface area contributed by atoms with Crippen molar-refractivity contribution in [1.82, 2.24) is 24.3 Å². The third-order valence-corrected chi connectivity index (χ3v) is 6.50. The van der Waals surface area contributed by atoms with E-state index in [4.69, 9.17) is 5.10 Å². The van der Waals surface area contributed by atoms with E-state index in [-0.39, 0.29) is 11.3 Å².